The molecule has 0 bridgehead atoms. The van der Waals surface area contributed by atoms with Crippen LogP contribution in [0.5, 0.6) is 0 Å². The number of rotatable bonds is 5. The van der Waals surface area contributed by atoms with Crippen LogP contribution in [-0.4, -0.2) is 16.2 Å². The number of aliphatic hydroxyl groups is 1. The molecule has 3 nitrogen and oxygen atoms in total. The lowest BCUT2D eigenvalue weighted by molar-refractivity contribution is -0.152. The smallest absolute Gasteiger partial charge is 0.309 e. The Morgan fingerprint density at radius 1 is 1.53 bits per heavy atom. The fourth-order valence-corrected chi connectivity index (χ4v) is 2.34. The van der Waals surface area contributed by atoms with Gasteiger partial charge in [0.2, 0.25) is 0 Å². The molecule has 4 heteroatoms. The van der Waals surface area contributed by atoms with Gasteiger partial charge in [-0.15, -0.1) is 0 Å². The minimum absolute atomic E-state index is 0.453. The molecule has 0 radical (unpaired) electrons. The van der Waals surface area contributed by atoms with Gasteiger partial charge in [-0.1, -0.05) is 41.4 Å². The fourth-order valence-electron chi connectivity index (χ4n) is 1.94. The Bertz CT molecular complexity index is 401. The highest BCUT2D eigenvalue weighted by Gasteiger charge is 2.38. The van der Waals surface area contributed by atoms with Crippen LogP contribution in [0.4, 0.5) is 0 Å². The topological polar surface area (TPSA) is 57.5 Å². The molecule has 0 amide bonds. The molecule has 0 aliphatic heterocycles. The molecule has 0 heterocycles. The summed E-state index contributed by atoms with van der Waals surface area (Å²) in [6.45, 7) is 3.47. The lowest BCUT2D eigenvalue weighted by atomic mass is 9.80. The van der Waals surface area contributed by atoms with Crippen molar-refractivity contribution in [1.82, 2.24) is 0 Å². The summed E-state index contributed by atoms with van der Waals surface area (Å²) in [5, 5.41) is 19.7. The number of aliphatic carboxylic acids is 1. The third kappa shape index (κ3) is 3.30. The standard InChI is InChI=1S/C13H17BrO3/c1-3-5-11(12(15)16)13(2,17)9-6-4-7-10(14)8-9/h4,6-8,11,17H,3,5H2,1-2H3,(H,15,16). The number of halogens is 1. The second kappa shape index (κ2) is 5.65. The molecule has 0 aliphatic carbocycles. The summed E-state index contributed by atoms with van der Waals surface area (Å²) in [5.41, 5.74) is -0.737. The summed E-state index contributed by atoms with van der Waals surface area (Å²) in [4.78, 5) is 11.2. The highest BCUT2D eigenvalue weighted by atomic mass is 79.9. The quantitative estimate of drug-likeness (QED) is 0.878. The van der Waals surface area contributed by atoms with Crippen LogP contribution in [-0.2, 0) is 10.4 Å². The first kappa shape index (κ1) is 14.2. The van der Waals surface area contributed by atoms with Crippen LogP contribution in [0.3, 0.4) is 0 Å². The predicted molar refractivity (Wildman–Crippen MR) is 69.7 cm³/mol. The zero-order valence-electron chi connectivity index (χ0n) is 9.98. The maximum Gasteiger partial charge on any atom is 0.309 e. The first-order valence-corrected chi connectivity index (χ1v) is 6.40. The van der Waals surface area contributed by atoms with Gasteiger partial charge < -0.3 is 10.2 Å². The van der Waals surface area contributed by atoms with Crippen molar-refractivity contribution in [2.75, 3.05) is 0 Å². The Labute approximate surface area is 110 Å². The minimum Gasteiger partial charge on any atom is -0.481 e. The lowest BCUT2D eigenvalue weighted by Crippen LogP contribution is -2.37. The van der Waals surface area contributed by atoms with Crippen molar-refractivity contribution in [3.63, 3.8) is 0 Å². The molecule has 94 valence electrons. The van der Waals surface area contributed by atoms with E-state index in [4.69, 9.17) is 0 Å². The molecular formula is C13H17BrO3. The van der Waals surface area contributed by atoms with Gasteiger partial charge in [-0.05, 0) is 31.0 Å². The molecule has 1 aromatic rings. The molecule has 0 saturated carbocycles. The minimum atomic E-state index is -1.36. The third-order valence-electron chi connectivity index (χ3n) is 2.96. The molecule has 2 atom stereocenters. The number of carbonyl (C=O) groups is 1. The van der Waals surface area contributed by atoms with Crippen molar-refractivity contribution in [2.24, 2.45) is 5.92 Å². The van der Waals surface area contributed by atoms with Crippen LogP contribution in [0.1, 0.15) is 32.3 Å². The van der Waals surface area contributed by atoms with Crippen LogP contribution in [0.2, 0.25) is 0 Å². The summed E-state index contributed by atoms with van der Waals surface area (Å²) in [5.74, 6) is -1.75. The van der Waals surface area contributed by atoms with Gasteiger partial charge in [-0.25, -0.2) is 0 Å². The Balaban J connectivity index is 3.10. The highest BCUT2D eigenvalue weighted by molar-refractivity contribution is 9.10. The molecular weight excluding hydrogens is 284 g/mol. The molecule has 0 aromatic heterocycles. The third-order valence-corrected chi connectivity index (χ3v) is 3.46. The van der Waals surface area contributed by atoms with Crippen LogP contribution in [0.25, 0.3) is 0 Å². The van der Waals surface area contributed by atoms with Crippen molar-refractivity contribution in [3.05, 3.63) is 34.3 Å². The lowest BCUT2D eigenvalue weighted by Gasteiger charge is -2.30. The summed E-state index contributed by atoms with van der Waals surface area (Å²) in [6.07, 6.45) is 1.18. The van der Waals surface area contributed by atoms with Gasteiger partial charge >= 0.3 is 5.97 Å². The molecule has 1 rings (SSSR count). The largest absolute Gasteiger partial charge is 0.481 e. The number of benzene rings is 1. The van der Waals surface area contributed by atoms with Gasteiger partial charge in [-0.2, -0.15) is 0 Å². The van der Waals surface area contributed by atoms with Crippen molar-refractivity contribution < 1.29 is 15.0 Å². The summed E-state index contributed by atoms with van der Waals surface area (Å²) in [6, 6.07) is 7.13. The summed E-state index contributed by atoms with van der Waals surface area (Å²) >= 11 is 3.32. The van der Waals surface area contributed by atoms with E-state index in [1.165, 1.54) is 0 Å². The van der Waals surface area contributed by atoms with Crippen molar-refractivity contribution in [2.45, 2.75) is 32.3 Å². The van der Waals surface area contributed by atoms with E-state index in [0.29, 0.717) is 12.0 Å². The zero-order valence-corrected chi connectivity index (χ0v) is 11.6. The maximum atomic E-state index is 11.2. The molecule has 17 heavy (non-hydrogen) atoms. The van der Waals surface area contributed by atoms with Crippen LogP contribution in [0.15, 0.2) is 28.7 Å². The van der Waals surface area contributed by atoms with E-state index in [1.807, 2.05) is 13.0 Å². The van der Waals surface area contributed by atoms with Gasteiger partial charge in [-0.3, -0.25) is 4.79 Å². The van der Waals surface area contributed by atoms with Gasteiger partial charge in [0.15, 0.2) is 0 Å². The van der Waals surface area contributed by atoms with E-state index in [1.54, 1.807) is 25.1 Å². The van der Waals surface area contributed by atoms with Crippen molar-refractivity contribution >= 4 is 21.9 Å². The Morgan fingerprint density at radius 3 is 2.65 bits per heavy atom. The molecule has 0 aliphatic rings. The van der Waals surface area contributed by atoms with Gasteiger partial charge in [0, 0.05) is 4.47 Å². The zero-order chi connectivity index (χ0) is 13.1. The van der Waals surface area contributed by atoms with Crippen molar-refractivity contribution in [3.8, 4) is 0 Å². The summed E-state index contributed by atoms with van der Waals surface area (Å²) in [7, 11) is 0. The maximum absolute atomic E-state index is 11.2. The molecule has 2 N–H and O–H groups in total. The average Bonchev–Trinajstić information content (AvgIpc) is 2.25. The van der Waals surface area contributed by atoms with E-state index < -0.39 is 17.5 Å². The second-order valence-corrected chi connectivity index (χ2v) is 5.25. The predicted octanol–water partition coefficient (Wildman–Crippen LogP) is 3.16. The van der Waals surface area contributed by atoms with Gasteiger partial charge in [0.05, 0.1) is 5.92 Å². The van der Waals surface area contributed by atoms with Gasteiger partial charge in [0.25, 0.3) is 0 Å². The monoisotopic (exact) mass is 300 g/mol. The summed E-state index contributed by atoms with van der Waals surface area (Å²) < 4.78 is 0.830. The van der Waals surface area contributed by atoms with E-state index in [2.05, 4.69) is 15.9 Å². The number of hydrogen-bond donors (Lipinski definition) is 2. The molecule has 0 saturated heterocycles. The molecule has 2 unspecified atom stereocenters. The number of carboxylic acid groups (broad SMARTS) is 1. The van der Waals surface area contributed by atoms with Crippen LogP contribution < -0.4 is 0 Å². The normalized spacial score (nSPS) is 16.2. The highest BCUT2D eigenvalue weighted by Crippen LogP contribution is 2.33. The Morgan fingerprint density at radius 2 is 2.18 bits per heavy atom. The van der Waals surface area contributed by atoms with E-state index >= 15 is 0 Å². The first-order valence-electron chi connectivity index (χ1n) is 5.60. The van der Waals surface area contributed by atoms with Crippen molar-refractivity contribution in [1.29, 1.82) is 0 Å². The van der Waals surface area contributed by atoms with Gasteiger partial charge in [0.1, 0.15) is 5.60 Å². The van der Waals surface area contributed by atoms with Crippen LogP contribution in [0, 0.1) is 5.92 Å². The first-order chi connectivity index (χ1) is 7.89. The van der Waals surface area contributed by atoms with E-state index in [9.17, 15) is 15.0 Å². The molecule has 1 aromatic carbocycles. The molecule has 0 fully saturated rings. The van der Waals surface area contributed by atoms with E-state index in [-0.39, 0.29) is 0 Å². The van der Waals surface area contributed by atoms with E-state index in [0.717, 1.165) is 10.9 Å². The second-order valence-electron chi connectivity index (χ2n) is 4.34. The Kier molecular flexibility index (Phi) is 4.71. The fraction of sp³-hybridized carbons (Fsp3) is 0.462. The SMILES string of the molecule is CCCC(C(=O)O)C(C)(O)c1cccc(Br)c1. The van der Waals surface area contributed by atoms with Crippen LogP contribution >= 0.6 is 15.9 Å². The average molecular weight is 301 g/mol. The molecule has 0 spiro atoms. The number of hydrogen-bond acceptors (Lipinski definition) is 2. The number of carboxylic acids is 1. The Hall–Kier alpha value is -0.870.